The van der Waals surface area contributed by atoms with Crippen LogP contribution in [0.5, 0.6) is 0 Å². The fourth-order valence-corrected chi connectivity index (χ4v) is 2.29. The first-order valence-corrected chi connectivity index (χ1v) is 7.69. The highest BCUT2D eigenvalue weighted by atomic mass is 16.3. The molecule has 0 spiro atoms. The first kappa shape index (κ1) is 16.5. The zero-order valence-electron chi connectivity index (χ0n) is 13.4. The standard InChI is InChI=1S/C18H25N3O/c1-16(2)8-9-20(10-11-22)13-18-12-19-21(15-18)14-17-6-4-3-5-7-17/h3-8,12,15,22H,9-11,13-14H2,1-2H3. The second-order valence-corrected chi connectivity index (χ2v) is 5.77. The van der Waals surface area contributed by atoms with Gasteiger partial charge in [-0.15, -0.1) is 0 Å². The summed E-state index contributed by atoms with van der Waals surface area (Å²) in [7, 11) is 0. The lowest BCUT2D eigenvalue weighted by atomic mass is 10.2. The van der Waals surface area contributed by atoms with Crippen molar-refractivity contribution in [1.29, 1.82) is 0 Å². The number of rotatable bonds is 8. The molecule has 0 amide bonds. The van der Waals surface area contributed by atoms with E-state index in [1.165, 1.54) is 16.7 Å². The van der Waals surface area contributed by atoms with Crippen molar-refractivity contribution in [3.05, 3.63) is 65.5 Å². The van der Waals surface area contributed by atoms with E-state index in [0.29, 0.717) is 6.54 Å². The molecule has 1 aromatic heterocycles. The summed E-state index contributed by atoms with van der Waals surface area (Å²) >= 11 is 0. The third-order valence-corrected chi connectivity index (χ3v) is 3.45. The Bertz CT molecular complexity index is 585. The van der Waals surface area contributed by atoms with Crippen LogP contribution >= 0.6 is 0 Å². The summed E-state index contributed by atoms with van der Waals surface area (Å²) < 4.78 is 1.96. The van der Waals surface area contributed by atoms with Crippen molar-refractivity contribution in [2.45, 2.75) is 26.9 Å². The maximum atomic E-state index is 9.20. The number of aliphatic hydroxyl groups is 1. The third kappa shape index (κ3) is 5.47. The minimum atomic E-state index is 0.175. The van der Waals surface area contributed by atoms with Gasteiger partial charge in [0.15, 0.2) is 0 Å². The summed E-state index contributed by atoms with van der Waals surface area (Å²) in [5.41, 5.74) is 3.71. The lowest BCUT2D eigenvalue weighted by molar-refractivity contribution is 0.203. The molecule has 0 aliphatic rings. The van der Waals surface area contributed by atoms with E-state index < -0.39 is 0 Å². The Morgan fingerprint density at radius 1 is 1.23 bits per heavy atom. The van der Waals surface area contributed by atoms with Crippen molar-refractivity contribution in [3.63, 3.8) is 0 Å². The van der Waals surface area contributed by atoms with Crippen LogP contribution in [0.15, 0.2) is 54.4 Å². The zero-order valence-corrected chi connectivity index (χ0v) is 13.4. The number of aliphatic hydroxyl groups excluding tert-OH is 1. The molecule has 0 aliphatic carbocycles. The zero-order chi connectivity index (χ0) is 15.8. The van der Waals surface area contributed by atoms with E-state index in [2.05, 4.69) is 48.3 Å². The number of benzene rings is 1. The summed E-state index contributed by atoms with van der Waals surface area (Å²) in [5.74, 6) is 0. The Labute approximate surface area is 132 Å². The van der Waals surface area contributed by atoms with Crippen LogP contribution in [-0.4, -0.2) is 39.5 Å². The van der Waals surface area contributed by atoms with Crippen molar-refractivity contribution in [2.24, 2.45) is 0 Å². The molecule has 0 bridgehead atoms. The summed E-state index contributed by atoms with van der Waals surface area (Å²) in [5, 5.41) is 13.6. The summed E-state index contributed by atoms with van der Waals surface area (Å²) in [4.78, 5) is 2.22. The fourth-order valence-electron chi connectivity index (χ4n) is 2.29. The van der Waals surface area contributed by atoms with Gasteiger partial charge in [0.1, 0.15) is 0 Å². The Kier molecular flexibility index (Phi) is 6.37. The van der Waals surface area contributed by atoms with Crippen LogP contribution in [0.4, 0.5) is 0 Å². The van der Waals surface area contributed by atoms with Crippen molar-refractivity contribution in [1.82, 2.24) is 14.7 Å². The summed E-state index contributed by atoms with van der Waals surface area (Å²) in [6.07, 6.45) is 6.18. The largest absolute Gasteiger partial charge is 0.395 e. The van der Waals surface area contributed by atoms with Crippen LogP contribution in [-0.2, 0) is 13.1 Å². The van der Waals surface area contributed by atoms with Crippen LogP contribution < -0.4 is 0 Å². The Hall–Kier alpha value is -1.91. The van der Waals surface area contributed by atoms with E-state index >= 15 is 0 Å². The highest BCUT2D eigenvalue weighted by Gasteiger charge is 2.06. The average molecular weight is 299 g/mol. The first-order valence-electron chi connectivity index (χ1n) is 7.69. The van der Waals surface area contributed by atoms with E-state index in [0.717, 1.165) is 19.6 Å². The Morgan fingerprint density at radius 2 is 2.00 bits per heavy atom. The topological polar surface area (TPSA) is 41.3 Å². The molecule has 2 aromatic rings. The summed E-state index contributed by atoms with van der Waals surface area (Å²) in [6.45, 7) is 7.48. The maximum absolute atomic E-state index is 9.20. The van der Waals surface area contributed by atoms with E-state index in [9.17, 15) is 5.11 Å². The predicted octanol–water partition coefficient (Wildman–Crippen LogP) is 2.69. The van der Waals surface area contributed by atoms with Gasteiger partial charge in [-0.3, -0.25) is 9.58 Å². The summed E-state index contributed by atoms with van der Waals surface area (Å²) in [6, 6.07) is 10.3. The molecule has 0 aliphatic heterocycles. The van der Waals surface area contributed by atoms with E-state index in [-0.39, 0.29) is 6.61 Å². The van der Waals surface area contributed by atoms with Crippen LogP contribution in [0.25, 0.3) is 0 Å². The second kappa shape index (κ2) is 8.51. The van der Waals surface area contributed by atoms with Crippen LogP contribution in [0.1, 0.15) is 25.0 Å². The molecule has 0 radical (unpaired) electrons. The molecule has 1 N–H and O–H groups in total. The van der Waals surface area contributed by atoms with Gasteiger partial charge in [-0.1, -0.05) is 42.0 Å². The molecule has 2 rings (SSSR count). The third-order valence-electron chi connectivity index (χ3n) is 3.45. The molecule has 118 valence electrons. The smallest absolute Gasteiger partial charge is 0.0659 e. The highest BCUT2D eigenvalue weighted by molar-refractivity contribution is 5.15. The van der Waals surface area contributed by atoms with Gasteiger partial charge in [-0.25, -0.2) is 0 Å². The monoisotopic (exact) mass is 299 g/mol. The lowest BCUT2D eigenvalue weighted by Gasteiger charge is -2.18. The lowest BCUT2D eigenvalue weighted by Crippen LogP contribution is -2.26. The predicted molar refractivity (Wildman–Crippen MR) is 89.6 cm³/mol. The van der Waals surface area contributed by atoms with Gasteiger partial charge in [-0.05, 0) is 19.4 Å². The molecule has 0 saturated carbocycles. The molecule has 0 fully saturated rings. The van der Waals surface area contributed by atoms with Gasteiger partial charge in [0.05, 0.1) is 19.3 Å². The molecular weight excluding hydrogens is 274 g/mol. The molecule has 0 saturated heterocycles. The first-order chi connectivity index (χ1) is 10.7. The number of hydrogen-bond donors (Lipinski definition) is 1. The van der Waals surface area contributed by atoms with Crippen LogP contribution in [0.3, 0.4) is 0 Å². The van der Waals surface area contributed by atoms with E-state index in [1.807, 2.05) is 29.1 Å². The van der Waals surface area contributed by atoms with Crippen molar-refractivity contribution < 1.29 is 5.11 Å². The van der Waals surface area contributed by atoms with Gasteiger partial charge < -0.3 is 5.11 Å². The number of allylic oxidation sites excluding steroid dienone is 1. The van der Waals surface area contributed by atoms with Crippen molar-refractivity contribution >= 4 is 0 Å². The number of hydrogen-bond acceptors (Lipinski definition) is 3. The molecule has 0 unspecified atom stereocenters. The quantitative estimate of drug-likeness (QED) is 0.762. The van der Waals surface area contributed by atoms with Crippen molar-refractivity contribution in [2.75, 3.05) is 19.7 Å². The minimum Gasteiger partial charge on any atom is -0.395 e. The molecule has 22 heavy (non-hydrogen) atoms. The molecular formula is C18H25N3O. The van der Waals surface area contributed by atoms with E-state index in [1.54, 1.807) is 0 Å². The van der Waals surface area contributed by atoms with Gasteiger partial charge in [0.2, 0.25) is 0 Å². The second-order valence-electron chi connectivity index (χ2n) is 5.77. The Balaban J connectivity index is 1.96. The minimum absolute atomic E-state index is 0.175. The number of nitrogens with zero attached hydrogens (tertiary/aromatic N) is 3. The van der Waals surface area contributed by atoms with Crippen molar-refractivity contribution in [3.8, 4) is 0 Å². The van der Waals surface area contributed by atoms with Gasteiger partial charge in [-0.2, -0.15) is 5.10 Å². The Morgan fingerprint density at radius 3 is 2.68 bits per heavy atom. The van der Waals surface area contributed by atoms with Crippen LogP contribution in [0, 0.1) is 0 Å². The SMILES string of the molecule is CC(C)=CCN(CCO)Cc1cnn(Cc2ccccc2)c1. The molecule has 4 nitrogen and oxygen atoms in total. The molecule has 1 aromatic carbocycles. The highest BCUT2D eigenvalue weighted by Crippen LogP contribution is 2.07. The fraction of sp³-hybridized carbons (Fsp3) is 0.389. The van der Waals surface area contributed by atoms with Gasteiger partial charge in [0, 0.05) is 31.4 Å². The van der Waals surface area contributed by atoms with Gasteiger partial charge >= 0.3 is 0 Å². The van der Waals surface area contributed by atoms with Gasteiger partial charge in [0.25, 0.3) is 0 Å². The maximum Gasteiger partial charge on any atom is 0.0659 e. The molecule has 0 atom stereocenters. The van der Waals surface area contributed by atoms with Crippen LogP contribution in [0.2, 0.25) is 0 Å². The normalized spacial score (nSPS) is 10.9. The van der Waals surface area contributed by atoms with E-state index in [4.69, 9.17) is 0 Å². The number of aromatic nitrogens is 2. The average Bonchev–Trinajstić information content (AvgIpc) is 2.93. The molecule has 1 heterocycles. The molecule has 4 heteroatoms.